The number of hydrogen-bond acceptors (Lipinski definition) is 2. The van der Waals surface area contributed by atoms with E-state index in [4.69, 9.17) is 0 Å². The van der Waals surface area contributed by atoms with Gasteiger partial charge < -0.3 is 9.88 Å². The second kappa shape index (κ2) is 6.13. The normalized spacial score (nSPS) is 17.5. The summed E-state index contributed by atoms with van der Waals surface area (Å²) in [4.78, 5) is 16.7. The fourth-order valence-corrected chi connectivity index (χ4v) is 2.65. The van der Waals surface area contributed by atoms with Crippen LogP contribution in [-0.2, 0) is 11.8 Å². The van der Waals surface area contributed by atoms with E-state index in [1.807, 2.05) is 7.05 Å². The third-order valence-corrected chi connectivity index (χ3v) is 3.94. The lowest BCUT2D eigenvalue weighted by Crippen LogP contribution is -2.24. The summed E-state index contributed by atoms with van der Waals surface area (Å²) in [5.74, 6) is 0.364. The van der Waals surface area contributed by atoms with Crippen molar-refractivity contribution in [3.63, 3.8) is 0 Å². The van der Waals surface area contributed by atoms with E-state index in [-0.39, 0.29) is 17.6 Å². The number of hydrogen-bond donors (Lipinski definition) is 1. The van der Waals surface area contributed by atoms with E-state index in [9.17, 15) is 9.18 Å². The highest BCUT2D eigenvalue weighted by atomic mass is 19.1. The molecule has 3 rings (SSSR count). The number of allylic oxidation sites excluding steroid dienone is 2. The maximum absolute atomic E-state index is 13.1. The first-order chi connectivity index (χ1) is 10.6. The monoisotopic (exact) mass is 299 g/mol. The Labute approximate surface area is 128 Å². The summed E-state index contributed by atoms with van der Waals surface area (Å²) in [6, 6.07) is 6.11. The van der Waals surface area contributed by atoms with Crippen molar-refractivity contribution in [2.75, 3.05) is 5.32 Å². The molecule has 0 unspecified atom stereocenters. The molecule has 1 aliphatic rings. The molecule has 1 N–H and O–H groups in total. The van der Waals surface area contributed by atoms with Crippen molar-refractivity contribution in [3.8, 4) is 11.3 Å². The molecule has 1 atom stereocenters. The summed E-state index contributed by atoms with van der Waals surface area (Å²) in [6.45, 7) is 0. The molecule has 4 nitrogen and oxygen atoms in total. The Bertz CT molecular complexity index is 703. The van der Waals surface area contributed by atoms with Crippen LogP contribution in [0, 0.1) is 11.7 Å². The molecular formula is C17H18FN3O. The van der Waals surface area contributed by atoms with Gasteiger partial charge in [0.25, 0.3) is 0 Å². The van der Waals surface area contributed by atoms with Gasteiger partial charge in [0.1, 0.15) is 17.3 Å². The number of rotatable bonds is 3. The maximum Gasteiger partial charge on any atom is 0.228 e. The van der Waals surface area contributed by atoms with E-state index in [0.29, 0.717) is 11.5 Å². The van der Waals surface area contributed by atoms with Gasteiger partial charge in [-0.05, 0) is 43.5 Å². The Balaban J connectivity index is 1.84. The zero-order valence-electron chi connectivity index (χ0n) is 12.4. The van der Waals surface area contributed by atoms with E-state index in [1.165, 1.54) is 12.1 Å². The average Bonchev–Trinajstić information content (AvgIpc) is 2.90. The number of halogens is 1. The quantitative estimate of drug-likeness (QED) is 0.881. The van der Waals surface area contributed by atoms with Crippen LogP contribution in [0.4, 0.5) is 10.2 Å². The molecule has 114 valence electrons. The van der Waals surface area contributed by atoms with E-state index in [2.05, 4.69) is 22.5 Å². The smallest absolute Gasteiger partial charge is 0.228 e. The van der Waals surface area contributed by atoms with Crippen molar-refractivity contribution >= 4 is 11.7 Å². The van der Waals surface area contributed by atoms with Crippen LogP contribution in [0.3, 0.4) is 0 Å². The molecule has 0 saturated carbocycles. The number of nitrogens with one attached hydrogen (secondary N) is 1. The molecule has 22 heavy (non-hydrogen) atoms. The van der Waals surface area contributed by atoms with Gasteiger partial charge in [0, 0.05) is 18.5 Å². The zero-order valence-corrected chi connectivity index (χ0v) is 12.4. The third kappa shape index (κ3) is 2.93. The number of aromatic nitrogens is 2. The summed E-state index contributed by atoms with van der Waals surface area (Å²) in [5, 5.41) is 2.98. The van der Waals surface area contributed by atoms with E-state index in [0.717, 1.165) is 24.8 Å². The minimum absolute atomic E-state index is 0.000896. The highest BCUT2D eigenvalue weighted by Crippen LogP contribution is 2.28. The molecule has 1 aromatic heterocycles. The van der Waals surface area contributed by atoms with Gasteiger partial charge in [0.15, 0.2) is 0 Å². The average molecular weight is 299 g/mol. The summed E-state index contributed by atoms with van der Waals surface area (Å²) < 4.78 is 14.8. The van der Waals surface area contributed by atoms with Gasteiger partial charge in [-0.15, -0.1) is 0 Å². The maximum atomic E-state index is 13.1. The highest BCUT2D eigenvalue weighted by Gasteiger charge is 2.21. The molecule has 1 heterocycles. The molecule has 0 saturated heterocycles. The van der Waals surface area contributed by atoms with Gasteiger partial charge in [-0.1, -0.05) is 12.2 Å². The summed E-state index contributed by atoms with van der Waals surface area (Å²) in [6.07, 6.45) is 8.39. The molecule has 0 bridgehead atoms. The molecule has 0 fully saturated rings. The largest absolute Gasteiger partial charge is 0.320 e. The van der Waals surface area contributed by atoms with Crippen molar-refractivity contribution < 1.29 is 9.18 Å². The zero-order chi connectivity index (χ0) is 15.5. The van der Waals surface area contributed by atoms with Crippen LogP contribution in [0.15, 0.2) is 42.7 Å². The van der Waals surface area contributed by atoms with Crippen molar-refractivity contribution in [2.24, 2.45) is 13.0 Å². The molecule has 5 heteroatoms. The predicted octanol–water partition coefficient (Wildman–Crippen LogP) is 3.52. The first kappa shape index (κ1) is 14.5. The van der Waals surface area contributed by atoms with Gasteiger partial charge in [-0.2, -0.15) is 0 Å². The van der Waals surface area contributed by atoms with E-state index >= 15 is 0 Å². The summed E-state index contributed by atoms with van der Waals surface area (Å²) in [7, 11) is 1.83. The number of imidazole rings is 1. The van der Waals surface area contributed by atoms with Crippen LogP contribution in [0.5, 0.6) is 0 Å². The minimum atomic E-state index is -0.292. The fraction of sp³-hybridized carbons (Fsp3) is 0.294. The molecule has 0 aliphatic heterocycles. The van der Waals surface area contributed by atoms with Crippen molar-refractivity contribution in [1.82, 2.24) is 9.55 Å². The molecule has 1 aliphatic carbocycles. The Hall–Kier alpha value is -2.43. The molecule has 2 aromatic rings. The van der Waals surface area contributed by atoms with Gasteiger partial charge in [-0.25, -0.2) is 9.37 Å². The Morgan fingerprint density at radius 3 is 2.77 bits per heavy atom. The molecule has 1 amide bonds. The number of aryl methyl sites for hydroxylation is 1. The molecule has 0 spiro atoms. The van der Waals surface area contributed by atoms with E-state index in [1.54, 1.807) is 23.0 Å². The fourth-order valence-electron chi connectivity index (χ4n) is 2.65. The Kier molecular flexibility index (Phi) is 4.04. The van der Waals surface area contributed by atoms with Gasteiger partial charge in [0.2, 0.25) is 5.91 Å². The second-order valence-electron chi connectivity index (χ2n) is 5.53. The number of amides is 1. The van der Waals surface area contributed by atoms with Crippen molar-refractivity contribution in [3.05, 3.63) is 48.6 Å². The SMILES string of the molecule is Cn1cnc(-c2ccc(F)cc2)c1NC(=O)[C@H]1CC=CCC1. The molecule has 1 aromatic carbocycles. The Morgan fingerprint density at radius 2 is 2.09 bits per heavy atom. The van der Waals surface area contributed by atoms with Crippen LogP contribution in [0.25, 0.3) is 11.3 Å². The van der Waals surface area contributed by atoms with Crippen molar-refractivity contribution in [2.45, 2.75) is 19.3 Å². The van der Waals surface area contributed by atoms with Gasteiger partial charge >= 0.3 is 0 Å². The van der Waals surface area contributed by atoms with Crippen LogP contribution >= 0.6 is 0 Å². The topological polar surface area (TPSA) is 46.9 Å². The van der Waals surface area contributed by atoms with Crippen molar-refractivity contribution in [1.29, 1.82) is 0 Å². The second-order valence-corrected chi connectivity index (χ2v) is 5.53. The van der Waals surface area contributed by atoms with Crippen LogP contribution in [-0.4, -0.2) is 15.5 Å². The first-order valence-electron chi connectivity index (χ1n) is 7.38. The summed E-state index contributed by atoms with van der Waals surface area (Å²) >= 11 is 0. The lowest BCUT2D eigenvalue weighted by atomic mass is 9.93. The lowest BCUT2D eigenvalue weighted by molar-refractivity contribution is -0.120. The van der Waals surface area contributed by atoms with Crippen LogP contribution in [0.1, 0.15) is 19.3 Å². The predicted molar refractivity (Wildman–Crippen MR) is 83.7 cm³/mol. The summed E-state index contributed by atoms with van der Waals surface area (Å²) in [5.41, 5.74) is 1.43. The first-order valence-corrected chi connectivity index (χ1v) is 7.38. The number of carbonyl (C=O) groups is 1. The van der Waals surface area contributed by atoms with Crippen LogP contribution in [0.2, 0.25) is 0 Å². The lowest BCUT2D eigenvalue weighted by Gasteiger charge is -2.18. The minimum Gasteiger partial charge on any atom is -0.320 e. The highest BCUT2D eigenvalue weighted by molar-refractivity contribution is 5.95. The van der Waals surface area contributed by atoms with Crippen LogP contribution < -0.4 is 5.32 Å². The number of anilines is 1. The number of nitrogens with zero attached hydrogens (tertiary/aromatic N) is 2. The standard InChI is InChI=1S/C17H18FN3O/c1-21-11-19-15(12-7-9-14(18)10-8-12)16(21)20-17(22)13-5-3-2-4-6-13/h2-3,7-11,13H,4-6H2,1H3,(H,20,22)/t13-/m0/s1. The van der Waals surface area contributed by atoms with Gasteiger partial charge in [-0.3, -0.25) is 4.79 Å². The number of benzene rings is 1. The van der Waals surface area contributed by atoms with E-state index < -0.39 is 0 Å². The molecule has 0 radical (unpaired) electrons. The number of carbonyl (C=O) groups excluding carboxylic acids is 1. The van der Waals surface area contributed by atoms with Gasteiger partial charge in [0.05, 0.1) is 6.33 Å². The third-order valence-electron chi connectivity index (χ3n) is 3.94. The molecular weight excluding hydrogens is 281 g/mol. The Morgan fingerprint density at radius 1 is 1.32 bits per heavy atom.